The van der Waals surface area contributed by atoms with E-state index in [2.05, 4.69) is 0 Å². The van der Waals surface area contributed by atoms with Gasteiger partial charge in [-0.1, -0.05) is 0 Å². The second-order valence-corrected chi connectivity index (χ2v) is 8.94. The Morgan fingerprint density at radius 3 is 0.583 bits per heavy atom. The van der Waals surface area contributed by atoms with E-state index < -0.39 is 137 Å². The summed E-state index contributed by atoms with van der Waals surface area (Å²) in [6.07, 6.45) is 0. The van der Waals surface area contributed by atoms with Crippen molar-refractivity contribution >= 4 is 16.7 Å². The topological polar surface area (TPSA) is 143 Å². The van der Waals surface area contributed by atoms with E-state index in [1.165, 1.54) is 0 Å². The molecule has 18 heteroatoms. The summed E-state index contributed by atoms with van der Waals surface area (Å²) in [7, 11) is 0. The van der Waals surface area contributed by atoms with E-state index in [0.29, 0.717) is 0 Å². The molecule has 3 aromatic carbocycles. The van der Waals surface area contributed by atoms with Crippen LogP contribution in [0.15, 0.2) is 16.7 Å². The number of halogens is 12. The van der Waals surface area contributed by atoms with Gasteiger partial charge in [-0.3, -0.25) is 0 Å². The van der Waals surface area contributed by atoms with Gasteiger partial charge in [0.15, 0.2) is 69.8 Å². The minimum Gasteiger partial charge on any atom is -0.203 e. The number of benzene rings is 3. The lowest BCUT2D eigenvalue weighted by Crippen LogP contribution is -2.06. The Bertz CT molecular complexity index is 2070. The third kappa shape index (κ3) is 4.57. The van der Waals surface area contributed by atoms with Crippen LogP contribution in [0.5, 0.6) is 0 Å². The maximum atomic E-state index is 15.0. The first-order valence-corrected chi connectivity index (χ1v) is 11.9. The molecule has 0 bridgehead atoms. The Morgan fingerprint density at radius 2 is 0.458 bits per heavy atom. The molecule has 0 saturated heterocycles. The van der Waals surface area contributed by atoms with E-state index in [4.69, 9.17) is 15.8 Å². The third-order valence-electron chi connectivity index (χ3n) is 6.65. The molecular weight excluding hydrogens is 672 g/mol. The summed E-state index contributed by atoms with van der Waals surface area (Å²) in [4.78, 5) is 0. The molecule has 48 heavy (non-hydrogen) atoms. The van der Waals surface area contributed by atoms with Crippen molar-refractivity contribution in [2.45, 2.75) is 0 Å². The van der Waals surface area contributed by atoms with Gasteiger partial charge in [0.25, 0.3) is 0 Å². The highest BCUT2D eigenvalue weighted by Gasteiger charge is 2.46. The molecular formula is C30F12N6. The molecule has 6 nitrogen and oxygen atoms in total. The van der Waals surface area contributed by atoms with Gasteiger partial charge >= 0.3 is 0 Å². The van der Waals surface area contributed by atoms with Crippen molar-refractivity contribution in [2.24, 2.45) is 0 Å². The summed E-state index contributed by atoms with van der Waals surface area (Å²) in [5.74, 6) is -29.9. The molecule has 3 aromatic rings. The van der Waals surface area contributed by atoms with Gasteiger partial charge in [0.1, 0.15) is 53.1 Å². The van der Waals surface area contributed by atoms with Gasteiger partial charge in [0, 0.05) is 16.7 Å². The van der Waals surface area contributed by atoms with Gasteiger partial charge in [-0.05, 0) is 0 Å². The van der Waals surface area contributed by atoms with Crippen LogP contribution >= 0.6 is 0 Å². The Labute approximate surface area is 257 Å². The van der Waals surface area contributed by atoms with Gasteiger partial charge < -0.3 is 0 Å². The highest BCUT2D eigenvalue weighted by atomic mass is 19.2. The molecule has 0 aliphatic heterocycles. The van der Waals surface area contributed by atoms with Crippen molar-refractivity contribution in [2.75, 3.05) is 0 Å². The monoisotopic (exact) mass is 672 g/mol. The molecule has 0 aromatic heterocycles. The third-order valence-corrected chi connectivity index (χ3v) is 6.65. The van der Waals surface area contributed by atoms with Crippen LogP contribution in [-0.2, 0) is 0 Å². The number of nitrogens with zero attached hydrogens (tertiary/aromatic N) is 6. The molecule has 1 aliphatic carbocycles. The van der Waals surface area contributed by atoms with Crippen LogP contribution in [0.3, 0.4) is 0 Å². The number of rotatable bonds is 3. The molecule has 0 heterocycles. The number of hydrogen-bond donors (Lipinski definition) is 0. The van der Waals surface area contributed by atoms with Crippen LogP contribution in [-0.4, -0.2) is 0 Å². The van der Waals surface area contributed by atoms with Crippen LogP contribution in [0.25, 0.3) is 16.7 Å². The van der Waals surface area contributed by atoms with Crippen molar-refractivity contribution < 1.29 is 52.7 Å². The molecule has 0 amide bonds. The van der Waals surface area contributed by atoms with Crippen LogP contribution < -0.4 is 0 Å². The summed E-state index contributed by atoms with van der Waals surface area (Å²) in [6, 6.07) is 5.16. The van der Waals surface area contributed by atoms with E-state index in [1.807, 2.05) is 0 Å². The second kappa shape index (κ2) is 12.1. The molecule has 1 aliphatic rings. The summed E-state index contributed by atoms with van der Waals surface area (Å²) >= 11 is 0. The molecule has 0 unspecified atom stereocenters. The first-order chi connectivity index (χ1) is 22.6. The zero-order valence-corrected chi connectivity index (χ0v) is 22.2. The van der Waals surface area contributed by atoms with Crippen LogP contribution in [0.4, 0.5) is 52.7 Å². The quantitative estimate of drug-likeness (QED) is 0.163. The number of nitriles is 6. The first kappa shape index (κ1) is 33.9. The average molecular weight is 672 g/mol. The molecule has 0 spiro atoms. The normalized spacial score (nSPS) is 11.5. The highest BCUT2D eigenvalue weighted by Crippen LogP contribution is 2.57. The van der Waals surface area contributed by atoms with Crippen LogP contribution in [0.1, 0.15) is 33.4 Å². The highest BCUT2D eigenvalue weighted by molar-refractivity contribution is 6.12. The van der Waals surface area contributed by atoms with Gasteiger partial charge in [-0.25, -0.2) is 52.7 Å². The minimum absolute atomic E-state index is 0.766. The zero-order chi connectivity index (χ0) is 36.1. The Hall–Kier alpha value is -7.02. The smallest absolute Gasteiger partial charge is 0.180 e. The fourth-order valence-electron chi connectivity index (χ4n) is 4.50. The van der Waals surface area contributed by atoms with Gasteiger partial charge in [0.05, 0.1) is 33.4 Å². The SMILES string of the molecule is N#CC(=C1C(=C(C#N)c2c(F)c(F)c(C#N)c(F)c2F)C1=C(C#N)c1c(F)c(F)c(C#N)c(F)c1F)c1c(F)c(F)c(C#N)c(F)c1F. The van der Waals surface area contributed by atoms with E-state index in [0.717, 1.165) is 36.4 Å². The number of hydrogen-bond acceptors (Lipinski definition) is 6. The zero-order valence-electron chi connectivity index (χ0n) is 22.2. The molecule has 1 saturated carbocycles. The number of allylic oxidation sites excluding steroid dienone is 6. The molecule has 234 valence electrons. The molecule has 0 atom stereocenters. The fraction of sp³-hybridized carbons (Fsp3) is 0. The van der Waals surface area contributed by atoms with Crippen molar-refractivity contribution in [1.29, 1.82) is 31.6 Å². The predicted molar refractivity (Wildman–Crippen MR) is 131 cm³/mol. The summed E-state index contributed by atoms with van der Waals surface area (Å²) in [5.41, 5.74) is -21.5. The lowest BCUT2D eigenvalue weighted by molar-refractivity contribution is 0.446. The Morgan fingerprint density at radius 1 is 0.292 bits per heavy atom. The van der Waals surface area contributed by atoms with Crippen molar-refractivity contribution in [3.63, 3.8) is 0 Å². The van der Waals surface area contributed by atoms with Crippen molar-refractivity contribution in [1.82, 2.24) is 0 Å². The lowest BCUT2D eigenvalue weighted by Gasteiger charge is -2.08. The first-order valence-electron chi connectivity index (χ1n) is 11.9. The largest absolute Gasteiger partial charge is 0.203 e. The maximum Gasteiger partial charge on any atom is 0.180 e. The van der Waals surface area contributed by atoms with E-state index >= 15 is 26.3 Å². The molecule has 0 N–H and O–H groups in total. The average Bonchev–Trinajstić information content (AvgIpc) is 3.78. The van der Waals surface area contributed by atoms with Gasteiger partial charge in [0.2, 0.25) is 0 Å². The van der Waals surface area contributed by atoms with Gasteiger partial charge in [-0.15, -0.1) is 0 Å². The Balaban J connectivity index is 2.38. The van der Waals surface area contributed by atoms with Crippen molar-refractivity contribution in [3.8, 4) is 36.4 Å². The lowest BCUT2D eigenvalue weighted by atomic mass is 9.99. The summed E-state index contributed by atoms with van der Waals surface area (Å²) in [6.45, 7) is 0. The van der Waals surface area contributed by atoms with E-state index in [9.17, 15) is 42.1 Å². The van der Waals surface area contributed by atoms with Crippen molar-refractivity contribution in [3.05, 3.63) is 120 Å². The molecule has 4 rings (SSSR count). The minimum atomic E-state index is -2.53. The Kier molecular flexibility index (Phi) is 8.51. The standard InChI is InChI=1S/C30F12N6/c31-19-10(4-46)20(32)26(38)16(25(19)37)7(1-43)13-14(8(2-44)17-27(39)21(33)11(5-47)22(34)28(17)40)15(13)9(3-45)18-29(41)23(35)12(6-48)24(36)30(18)42. The van der Waals surface area contributed by atoms with Gasteiger partial charge in [-0.2, -0.15) is 31.6 Å². The molecule has 0 radical (unpaired) electrons. The summed E-state index contributed by atoms with van der Waals surface area (Å²) in [5, 5.41) is 55.9. The maximum absolute atomic E-state index is 15.0. The van der Waals surface area contributed by atoms with E-state index in [-0.39, 0.29) is 0 Å². The van der Waals surface area contributed by atoms with Crippen LogP contribution in [0.2, 0.25) is 0 Å². The fourth-order valence-corrected chi connectivity index (χ4v) is 4.50. The van der Waals surface area contributed by atoms with Crippen LogP contribution in [0, 0.1) is 138 Å². The second-order valence-electron chi connectivity index (χ2n) is 8.94. The summed E-state index contributed by atoms with van der Waals surface area (Å²) < 4.78 is 177. The molecule has 1 fully saturated rings. The van der Waals surface area contributed by atoms with E-state index in [1.54, 1.807) is 0 Å². The predicted octanol–water partition coefficient (Wildman–Crippen LogP) is 7.22.